The van der Waals surface area contributed by atoms with Gasteiger partial charge in [-0.15, -0.1) is 0 Å². The van der Waals surface area contributed by atoms with Gasteiger partial charge < -0.3 is 54.8 Å². The second kappa shape index (κ2) is 10.6. The maximum atomic E-state index is 8.88. The lowest BCUT2D eigenvalue weighted by Crippen LogP contribution is -1.91. The van der Waals surface area contributed by atoms with E-state index in [4.69, 9.17) is 63.5 Å². The van der Waals surface area contributed by atoms with Crippen LogP contribution in [-0.4, -0.2) is 64.0 Å². The Balaban J connectivity index is 0. The molecule has 0 aliphatic carbocycles. The SMILES string of the molecule is Nc1ncnc2nc[nH]c12.O=P(O)(O)O.O=P(O)(O)O.O=P(O)(O)O. The number of aromatic amines is 1. The number of imidazole rings is 1. The second-order valence-corrected chi connectivity index (χ2v) is 6.48. The van der Waals surface area contributed by atoms with Crippen LogP contribution in [0.5, 0.6) is 0 Å². The van der Waals surface area contributed by atoms with Crippen molar-refractivity contribution in [3.8, 4) is 0 Å². The number of H-pyrrole nitrogens is 1. The normalized spacial score (nSPS) is 11.2. The molecule has 0 spiro atoms. The molecule has 2 aromatic rings. The summed E-state index contributed by atoms with van der Waals surface area (Å²) in [7, 11) is -13.9. The van der Waals surface area contributed by atoms with Crippen molar-refractivity contribution in [2.45, 2.75) is 0 Å². The van der Waals surface area contributed by atoms with Gasteiger partial charge in [0.05, 0.1) is 6.33 Å². The lowest BCUT2D eigenvalue weighted by atomic mass is 10.5. The maximum absolute atomic E-state index is 8.88. The molecule has 2 aromatic heterocycles. The molecular weight excluding hydrogens is 415 g/mol. The van der Waals surface area contributed by atoms with E-state index in [2.05, 4.69) is 19.9 Å². The molecule has 17 nitrogen and oxygen atoms in total. The van der Waals surface area contributed by atoms with Gasteiger partial charge in [-0.25, -0.2) is 28.6 Å². The smallest absolute Gasteiger partial charge is 0.382 e. The van der Waals surface area contributed by atoms with Crippen molar-refractivity contribution in [3.63, 3.8) is 0 Å². The van der Waals surface area contributed by atoms with Crippen molar-refractivity contribution in [3.05, 3.63) is 12.7 Å². The van der Waals surface area contributed by atoms with Gasteiger partial charge in [0.25, 0.3) is 0 Å². The number of aromatic nitrogens is 4. The molecule has 20 heteroatoms. The fourth-order valence-electron chi connectivity index (χ4n) is 0.784. The number of nitrogen functional groups attached to an aromatic ring is 1. The summed E-state index contributed by atoms with van der Waals surface area (Å²) in [5.41, 5.74) is 6.78. The number of nitrogens with one attached hydrogen (secondary N) is 1. The minimum absolute atomic E-state index is 0.433. The number of nitrogens with two attached hydrogens (primary N) is 1. The van der Waals surface area contributed by atoms with Crippen LogP contribution in [0.4, 0.5) is 5.82 Å². The van der Waals surface area contributed by atoms with Crippen molar-refractivity contribution in [1.82, 2.24) is 19.9 Å². The van der Waals surface area contributed by atoms with Crippen LogP contribution in [0.2, 0.25) is 0 Å². The Labute approximate surface area is 137 Å². The maximum Gasteiger partial charge on any atom is 0.466 e. The third-order valence-electron chi connectivity index (χ3n) is 1.25. The second-order valence-electron chi connectivity index (χ2n) is 3.40. The summed E-state index contributed by atoms with van der Waals surface area (Å²) in [5, 5.41) is 0. The molecule has 25 heavy (non-hydrogen) atoms. The first-order valence-electron chi connectivity index (χ1n) is 5.12. The molecule has 0 fully saturated rings. The van der Waals surface area contributed by atoms with Gasteiger partial charge in [0.1, 0.15) is 11.8 Å². The van der Waals surface area contributed by atoms with Crippen molar-refractivity contribution >= 4 is 40.4 Å². The highest BCUT2D eigenvalue weighted by atomic mass is 31.2. The Bertz CT molecular complexity index is 704. The van der Waals surface area contributed by atoms with E-state index in [1.807, 2.05) is 0 Å². The summed E-state index contributed by atoms with van der Waals surface area (Å²) in [6.07, 6.45) is 2.92. The molecule has 0 atom stereocenters. The minimum atomic E-state index is -4.64. The van der Waals surface area contributed by atoms with E-state index in [0.717, 1.165) is 0 Å². The molecule has 0 saturated carbocycles. The molecule has 0 radical (unpaired) electrons. The standard InChI is InChI=1S/C5H5N5.3H3O4P/c6-4-3-5(9-1-7-3)10-2-8-4;3*1-5(2,3)4/h1-2H,(H3,6,7,8,9,10);3*(H3,1,2,3,4). The van der Waals surface area contributed by atoms with E-state index in [9.17, 15) is 0 Å². The highest BCUT2D eigenvalue weighted by Gasteiger charge is 2.01. The van der Waals surface area contributed by atoms with Crippen LogP contribution >= 0.6 is 23.5 Å². The highest BCUT2D eigenvalue weighted by molar-refractivity contribution is 7.45. The number of rotatable bonds is 0. The van der Waals surface area contributed by atoms with Crippen molar-refractivity contribution in [2.24, 2.45) is 0 Å². The van der Waals surface area contributed by atoms with E-state index in [0.29, 0.717) is 17.0 Å². The molecule has 2 rings (SSSR count). The van der Waals surface area contributed by atoms with Gasteiger partial charge in [-0.05, 0) is 0 Å². The zero-order chi connectivity index (χ0) is 20.5. The van der Waals surface area contributed by atoms with Crippen molar-refractivity contribution in [2.75, 3.05) is 5.73 Å². The van der Waals surface area contributed by atoms with E-state index >= 15 is 0 Å². The van der Waals surface area contributed by atoms with Crippen LogP contribution in [0.15, 0.2) is 12.7 Å². The summed E-state index contributed by atoms with van der Waals surface area (Å²) < 4.78 is 26.6. The molecule has 12 N–H and O–H groups in total. The van der Waals surface area contributed by atoms with Crippen molar-refractivity contribution in [1.29, 1.82) is 0 Å². The lowest BCUT2D eigenvalue weighted by molar-refractivity contribution is 0.272. The van der Waals surface area contributed by atoms with Gasteiger partial charge in [0.15, 0.2) is 11.5 Å². The first-order chi connectivity index (χ1) is 10.9. The minimum Gasteiger partial charge on any atom is -0.382 e. The summed E-state index contributed by atoms with van der Waals surface area (Å²) in [5.74, 6) is 0.433. The van der Waals surface area contributed by atoms with Crippen LogP contribution in [-0.2, 0) is 13.7 Å². The summed E-state index contributed by atoms with van der Waals surface area (Å²) in [6, 6.07) is 0. The fourth-order valence-corrected chi connectivity index (χ4v) is 0.784. The molecule has 0 unspecified atom stereocenters. The van der Waals surface area contributed by atoms with Gasteiger partial charge in [-0.1, -0.05) is 0 Å². The van der Waals surface area contributed by atoms with Crippen LogP contribution in [0.25, 0.3) is 11.2 Å². The first kappa shape index (κ1) is 25.9. The third kappa shape index (κ3) is 27.8. The first-order valence-corrected chi connectivity index (χ1v) is 9.82. The quantitative estimate of drug-likeness (QED) is 0.188. The third-order valence-corrected chi connectivity index (χ3v) is 1.25. The largest absolute Gasteiger partial charge is 0.466 e. The van der Waals surface area contributed by atoms with Crippen LogP contribution < -0.4 is 5.73 Å². The molecular formula is C5H14N5O12P3. The number of phosphoric acid groups is 3. The number of fused-ring (bicyclic) bond motifs is 1. The molecule has 0 saturated heterocycles. The molecule has 146 valence electrons. The predicted octanol–water partition coefficient (Wildman–Crippen LogP) is -2.85. The monoisotopic (exact) mass is 429 g/mol. The number of hydrogen-bond acceptors (Lipinski definition) is 7. The lowest BCUT2D eigenvalue weighted by Gasteiger charge is -1.89. The Kier molecular flexibility index (Phi) is 11.0. The Morgan fingerprint density at radius 2 is 1.12 bits per heavy atom. The fraction of sp³-hybridized carbons (Fsp3) is 0. The highest BCUT2D eigenvalue weighted by Crippen LogP contribution is 2.26. The predicted molar refractivity (Wildman–Crippen MR) is 78.9 cm³/mol. The van der Waals surface area contributed by atoms with Crippen LogP contribution in [0, 0.1) is 0 Å². The van der Waals surface area contributed by atoms with Gasteiger partial charge in [0, 0.05) is 0 Å². The topological polar surface area (TPSA) is 314 Å². The number of hydrogen-bond donors (Lipinski definition) is 11. The molecule has 0 aromatic carbocycles. The zero-order valence-corrected chi connectivity index (χ0v) is 14.3. The van der Waals surface area contributed by atoms with Gasteiger partial charge >= 0.3 is 23.5 Å². The zero-order valence-electron chi connectivity index (χ0n) is 11.7. The van der Waals surface area contributed by atoms with Gasteiger partial charge in [0.2, 0.25) is 0 Å². The Morgan fingerprint density at radius 1 is 0.760 bits per heavy atom. The number of nitrogens with zero attached hydrogens (tertiary/aromatic N) is 3. The molecule has 0 amide bonds. The molecule has 0 aliphatic heterocycles. The van der Waals surface area contributed by atoms with E-state index in [1.165, 1.54) is 12.7 Å². The van der Waals surface area contributed by atoms with Crippen LogP contribution in [0.1, 0.15) is 0 Å². The summed E-state index contributed by atoms with van der Waals surface area (Å²) >= 11 is 0. The molecule has 0 bridgehead atoms. The molecule has 2 heterocycles. The Hall–Kier alpha value is -1.32. The summed E-state index contributed by atoms with van der Waals surface area (Å²) in [6.45, 7) is 0. The average Bonchev–Trinajstić information content (AvgIpc) is 2.71. The number of anilines is 1. The summed E-state index contributed by atoms with van der Waals surface area (Å²) in [4.78, 5) is 79.1. The van der Waals surface area contributed by atoms with Gasteiger partial charge in [-0.3, -0.25) is 0 Å². The van der Waals surface area contributed by atoms with E-state index < -0.39 is 23.5 Å². The van der Waals surface area contributed by atoms with E-state index in [1.54, 1.807) is 0 Å². The van der Waals surface area contributed by atoms with Gasteiger partial charge in [-0.2, -0.15) is 0 Å². The average molecular weight is 429 g/mol. The van der Waals surface area contributed by atoms with Crippen molar-refractivity contribution < 1.29 is 57.7 Å². The van der Waals surface area contributed by atoms with Crippen LogP contribution in [0.3, 0.4) is 0 Å². The Morgan fingerprint density at radius 3 is 1.44 bits per heavy atom. The molecule has 0 aliphatic rings. The van der Waals surface area contributed by atoms with E-state index in [-0.39, 0.29) is 0 Å².